The average Bonchev–Trinajstić information content (AvgIpc) is 2.62. The van der Waals surface area contributed by atoms with Gasteiger partial charge in [-0.3, -0.25) is 9.59 Å². The summed E-state index contributed by atoms with van der Waals surface area (Å²) in [6.07, 6.45) is 0.450. The van der Waals surface area contributed by atoms with Crippen molar-refractivity contribution in [3.8, 4) is 5.75 Å². The van der Waals surface area contributed by atoms with Gasteiger partial charge in [-0.25, -0.2) is 0 Å². The van der Waals surface area contributed by atoms with E-state index in [1.807, 2.05) is 83.1 Å². The van der Waals surface area contributed by atoms with E-state index < -0.39 is 0 Å². The molecule has 1 unspecified atom stereocenters. The van der Waals surface area contributed by atoms with Gasteiger partial charge in [0.2, 0.25) is 11.8 Å². The van der Waals surface area contributed by atoms with Crippen molar-refractivity contribution in [2.24, 2.45) is 5.41 Å². The summed E-state index contributed by atoms with van der Waals surface area (Å²) in [4.78, 5) is 25.6. The first-order valence-corrected chi connectivity index (χ1v) is 10.6. The highest BCUT2D eigenvalue weighted by Crippen LogP contribution is 2.27. The molecule has 6 heteroatoms. The molecule has 0 saturated heterocycles. The fraction of sp³-hybridized carbons (Fsp3) is 0.391. The molecular formula is C23H30N2O3S. The van der Waals surface area contributed by atoms with Gasteiger partial charge in [-0.2, -0.15) is 0 Å². The molecule has 2 aromatic rings. The Bertz CT molecular complexity index is 829. The Morgan fingerprint density at radius 3 is 2.34 bits per heavy atom. The van der Waals surface area contributed by atoms with Gasteiger partial charge in [0, 0.05) is 22.7 Å². The second-order valence-electron chi connectivity index (χ2n) is 8.02. The van der Waals surface area contributed by atoms with Gasteiger partial charge in [-0.1, -0.05) is 26.8 Å². The van der Waals surface area contributed by atoms with Crippen LogP contribution < -0.4 is 15.4 Å². The maximum Gasteiger partial charge on any atom is 0.237 e. The van der Waals surface area contributed by atoms with Crippen LogP contribution >= 0.6 is 11.8 Å². The third-order valence-corrected chi connectivity index (χ3v) is 5.02. The molecule has 0 aliphatic heterocycles. The number of ether oxygens (including phenoxy) is 1. The van der Waals surface area contributed by atoms with Crippen LogP contribution in [0.2, 0.25) is 0 Å². The van der Waals surface area contributed by atoms with E-state index in [-0.39, 0.29) is 22.5 Å². The van der Waals surface area contributed by atoms with Crippen molar-refractivity contribution in [2.45, 2.75) is 51.2 Å². The van der Waals surface area contributed by atoms with Crippen molar-refractivity contribution < 1.29 is 14.3 Å². The van der Waals surface area contributed by atoms with Crippen molar-refractivity contribution in [3.05, 3.63) is 48.5 Å². The predicted octanol–water partition coefficient (Wildman–Crippen LogP) is 5.58. The van der Waals surface area contributed by atoms with E-state index in [9.17, 15) is 9.59 Å². The van der Waals surface area contributed by atoms with Crippen LogP contribution in [0, 0.1) is 5.41 Å². The van der Waals surface area contributed by atoms with Crippen LogP contribution in [0.1, 0.15) is 41.0 Å². The highest BCUT2D eigenvalue weighted by Gasteiger charge is 2.17. The number of nitrogens with one attached hydrogen (secondary N) is 2. The molecule has 0 aliphatic carbocycles. The van der Waals surface area contributed by atoms with Crippen molar-refractivity contribution in [1.29, 1.82) is 0 Å². The fourth-order valence-corrected chi connectivity index (χ4v) is 3.56. The molecule has 0 aliphatic rings. The Kier molecular flexibility index (Phi) is 8.14. The number of anilines is 2. The van der Waals surface area contributed by atoms with E-state index in [2.05, 4.69) is 10.6 Å². The average molecular weight is 415 g/mol. The number of carbonyl (C=O) groups is 2. The molecular weight excluding hydrogens is 384 g/mol. The summed E-state index contributed by atoms with van der Waals surface area (Å²) in [6.45, 7) is 10.5. The van der Waals surface area contributed by atoms with Gasteiger partial charge in [0.05, 0.1) is 11.9 Å². The first kappa shape index (κ1) is 22.8. The van der Waals surface area contributed by atoms with Crippen LogP contribution in [0.4, 0.5) is 11.4 Å². The second kappa shape index (κ2) is 10.3. The number of rotatable bonds is 8. The molecule has 0 aromatic heterocycles. The number of amides is 2. The van der Waals surface area contributed by atoms with Gasteiger partial charge in [-0.15, -0.1) is 11.8 Å². The Morgan fingerprint density at radius 1 is 1.03 bits per heavy atom. The molecule has 29 heavy (non-hydrogen) atoms. The Hall–Kier alpha value is -2.47. The summed E-state index contributed by atoms with van der Waals surface area (Å²) >= 11 is 1.45. The summed E-state index contributed by atoms with van der Waals surface area (Å²) in [5.41, 5.74) is 1.40. The summed E-state index contributed by atoms with van der Waals surface area (Å²) in [7, 11) is 0. The van der Waals surface area contributed by atoms with Crippen LogP contribution in [0.25, 0.3) is 0 Å². The maximum atomic E-state index is 12.5. The zero-order valence-electron chi connectivity index (χ0n) is 17.7. The summed E-state index contributed by atoms with van der Waals surface area (Å²) < 4.78 is 5.41. The molecule has 2 N–H and O–H groups in total. The Labute approximate surface area is 177 Å². The van der Waals surface area contributed by atoms with Gasteiger partial charge >= 0.3 is 0 Å². The highest BCUT2D eigenvalue weighted by molar-refractivity contribution is 8.00. The van der Waals surface area contributed by atoms with Crippen molar-refractivity contribution in [1.82, 2.24) is 0 Å². The van der Waals surface area contributed by atoms with Gasteiger partial charge < -0.3 is 15.4 Å². The van der Waals surface area contributed by atoms with E-state index in [4.69, 9.17) is 4.74 Å². The second-order valence-corrected chi connectivity index (χ2v) is 9.43. The van der Waals surface area contributed by atoms with Crippen LogP contribution in [-0.4, -0.2) is 23.7 Å². The minimum Gasteiger partial charge on any atom is -0.494 e. The van der Waals surface area contributed by atoms with E-state index in [1.54, 1.807) is 0 Å². The minimum absolute atomic E-state index is 0.0130. The third kappa shape index (κ3) is 8.20. The Morgan fingerprint density at radius 2 is 1.72 bits per heavy atom. The normalized spacial score (nSPS) is 12.2. The van der Waals surface area contributed by atoms with Gasteiger partial charge in [-0.05, 0) is 61.7 Å². The first-order chi connectivity index (χ1) is 13.7. The number of carbonyl (C=O) groups excluding carboxylic acids is 2. The molecule has 2 amide bonds. The van der Waals surface area contributed by atoms with E-state index in [0.717, 1.165) is 22.0 Å². The molecule has 0 saturated carbocycles. The predicted molar refractivity (Wildman–Crippen MR) is 121 cm³/mol. The van der Waals surface area contributed by atoms with Crippen molar-refractivity contribution in [3.63, 3.8) is 0 Å². The van der Waals surface area contributed by atoms with E-state index >= 15 is 0 Å². The van der Waals surface area contributed by atoms with Crippen LogP contribution in [0.3, 0.4) is 0 Å². The molecule has 0 radical (unpaired) electrons. The quantitative estimate of drug-likeness (QED) is 0.553. The van der Waals surface area contributed by atoms with E-state index in [1.165, 1.54) is 11.8 Å². The molecule has 0 bridgehead atoms. The fourth-order valence-electron chi connectivity index (χ4n) is 2.64. The number of hydrogen-bond donors (Lipinski definition) is 2. The molecule has 1 atom stereocenters. The van der Waals surface area contributed by atoms with Crippen LogP contribution in [-0.2, 0) is 9.59 Å². The lowest BCUT2D eigenvalue weighted by Crippen LogP contribution is -2.22. The third-order valence-electron chi connectivity index (χ3n) is 3.92. The van der Waals surface area contributed by atoms with Gasteiger partial charge in [0.25, 0.3) is 0 Å². The monoisotopic (exact) mass is 414 g/mol. The lowest BCUT2D eigenvalue weighted by atomic mass is 9.92. The highest BCUT2D eigenvalue weighted by atomic mass is 32.2. The zero-order valence-corrected chi connectivity index (χ0v) is 18.6. The SMILES string of the molecule is CCOc1ccc(NC(=O)C(C)Sc2cccc(NC(=O)CC(C)(C)C)c2)cc1. The standard InChI is InChI=1S/C23H30N2O3S/c1-6-28-19-12-10-17(11-13-19)25-22(27)16(2)29-20-9-7-8-18(14-20)24-21(26)15-23(3,4)5/h7-14,16H,6,15H2,1-5H3,(H,24,26)(H,25,27). The molecule has 5 nitrogen and oxygen atoms in total. The molecule has 2 aromatic carbocycles. The number of thioether (sulfide) groups is 1. The van der Waals surface area contributed by atoms with E-state index in [0.29, 0.717) is 13.0 Å². The first-order valence-electron chi connectivity index (χ1n) is 9.76. The lowest BCUT2D eigenvalue weighted by molar-refractivity contribution is -0.118. The van der Waals surface area contributed by atoms with Crippen molar-refractivity contribution >= 4 is 35.0 Å². The minimum atomic E-state index is -0.290. The lowest BCUT2D eigenvalue weighted by Gasteiger charge is -2.17. The summed E-state index contributed by atoms with van der Waals surface area (Å²) in [5, 5.41) is 5.56. The molecule has 156 valence electrons. The summed E-state index contributed by atoms with van der Waals surface area (Å²) in [6, 6.07) is 14.9. The molecule has 0 fully saturated rings. The molecule has 0 heterocycles. The smallest absolute Gasteiger partial charge is 0.237 e. The maximum absolute atomic E-state index is 12.5. The zero-order chi connectivity index (χ0) is 21.4. The van der Waals surface area contributed by atoms with Gasteiger partial charge in [0.1, 0.15) is 5.75 Å². The largest absolute Gasteiger partial charge is 0.494 e. The number of benzene rings is 2. The van der Waals surface area contributed by atoms with Crippen molar-refractivity contribution in [2.75, 3.05) is 17.2 Å². The van der Waals surface area contributed by atoms with Crippen LogP contribution in [0.5, 0.6) is 5.75 Å². The Balaban J connectivity index is 1.93. The summed E-state index contributed by atoms with van der Waals surface area (Å²) in [5.74, 6) is 0.681. The molecule has 2 rings (SSSR count). The topological polar surface area (TPSA) is 67.4 Å². The van der Waals surface area contributed by atoms with Gasteiger partial charge in [0.15, 0.2) is 0 Å². The number of hydrogen-bond acceptors (Lipinski definition) is 4. The molecule has 0 spiro atoms. The van der Waals surface area contributed by atoms with Crippen LogP contribution in [0.15, 0.2) is 53.4 Å².